The largest absolute Gasteiger partial charge is 0.477 e. The van der Waals surface area contributed by atoms with E-state index in [4.69, 9.17) is 16.2 Å². The smallest absolute Gasteiger partial charge is 0.410 e. The number of benzene rings is 2. The molecule has 3 heterocycles. The Morgan fingerprint density at radius 3 is 2.43 bits per heavy atom. The van der Waals surface area contributed by atoms with Gasteiger partial charge in [-0.2, -0.15) is 0 Å². The molecule has 5 rings (SSSR count). The van der Waals surface area contributed by atoms with E-state index in [1.807, 2.05) is 0 Å². The van der Waals surface area contributed by atoms with Gasteiger partial charge < -0.3 is 46.3 Å². The van der Waals surface area contributed by atoms with Gasteiger partial charge in [-0.3, -0.25) is 9.59 Å². The fourth-order valence-corrected chi connectivity index (χ4v) is 5.78. The number of carboxylic acid groups (broad SMARTS) is 1. The highest BCUT2D eigenvalue weighted by atomic mass is 19.1. The average molecular weight is 707 g/mol. The number of anilines is 2. The minimum atomic E-state index is -1.38. The summed E-state index contributed by atoms with van der Waals surface area (Å²) in [6.07, 6.45) is 3.12. The molecule has 0 saturated carbocycles. The van der Waals surface area contributed by atoms with Gasteiger partial charge in [-0.1, -0.05) is 17.3 Å². The highest BCUT2D eigenvalue weighted by Crippen LogP contribution is 2.27. The number of aryl methyl sites for hydroxylation is 1. The first-order valence-electron chi connectivity index (χ1n) is 16.3. The Morgan fingerprint density at radius 2 is 1.80 bits per heavy atom. The number of ether oxygens (including phenoxy) is 1. The second-order valence-corrected chi connectivity index (χ2v) is 11.8. The molecule has 2 aromatic heterocycles. The molecule has 0 radical (unpaired) electrons. The molecule has 0 unspecified atom stereocenters. The lowest BCUT2D eigenvalue weighted by Gasteiger charge is -2.35. The maximum Gasteiger partial charge on any atom is 0.410 e. The zero-order chi connectivity index (χ0) is 36.7. The van der Waals surface area contributed by atoms with Crippen molar-refractivity contribution in [3.8, 4) is 0 Å². The van der Waals surface area contributed by atoms with Crippen LogP contribution < -0.4 is 32.4 Å². The first-order valence-corrected chi connectivity index (χ1v) is 16.3. The number of primary amides is 1. The molecule has 18 heteroatoms. The molecular formula is C33H39FN10O7. The first-order chi connectivity index (χ1) is 24.5. The molecule has 0 spiro atoms. The Morgan fingerprint density at radius 1 is 1.08 bits per heavy atom. The molecule has 270 valence electrons. The lowest BCUT2D eigenvalue weighted by atomic mass is 10.1. The number of aromatic nitrogens is 4. The van der Waals surface area contributed by atoms with Gasteiger partial charge in [-0.05, 0) is 49.6 Å². The highest BCUT2D eigenvalue weighted by molar-refractivity contribution is 5.94. The quantitative estimate of drug-likeness (QED) is 0.126. The molecule has 1 saturated heterocycles. The number of carboxylic acids is 1. The maximum atomic E-state index is 15.2. The first kappa shape index (κ1) is 36.2. The average Bonchev–Trinajstić information content (AvgIpc) is 3.60. The molecular weight excluding hydrogens is 667 g/mol. The number of carbonyl (C=O) groups is 4. The minimum Gasteiger partial charge on any atom is -0.477 e. The van der Waals surface area contributed by atoms with E-state index in [0.29, 0.717) is 54.9 Å². The van der Waals surface area contributed by atoms with Crippen LogP contribution >= 0.6 is 0 Å². The van der Waals surface area contributed by atoms with E-state index >= 15 is 4.39 Å². The number of nitrogens with two attached hydrogens (primary N) is 2. The van der Waals surface area contributed by atoms with Crippen LogP contribution in [0.15, 0.2) is 53.6 Å². The fraction of sp³-hybridized carbons (Fsp3) is 0.364. The number of hydrogen-bond acceptors (Lipinski definition) is 10. The number of hydrogen-bond donors (Lipinski definition) is 5. The van der Waals surface area contributed by atoms with Gasteiger partial charge in [0.15, 0.2) is 0 Å². The number of carbonyl (C=O) groups excluding carboxylic acids is 3. The highest BCUT2D eigenvalue weighted by Gasteiger charge is 2.26. The summed E-state index contributed by atoms with van der Waals surface area (Å²) in [4.78, 5) is 64.6. The second-order valence-electron chi connectivity index (χ2n) is 11.8. The summed E-state index contributed by atoms with van der Waals surface area (Å²) in [7, 11) is 0. The molecule has 1 aliphatic heterocycles. The van der Waals surface area contributed by atoms with Crippen molar-refractivity contribution in [1.82, 2.24) is 29.8 Å². The summed E-state index contributed by atoms with van der Waals surface area (Å²) in [6.45, 7) is 3.73. The van der Waals surface area contributed by atoms with Crippen molar-refractivity contribution < 1.29 is 33.4 Å². The van der Waals surface area contributed by atoms with Crippen molar-refractivity contribution >= 4 is 46.3 Å². The predicted molar refractivity (Wildman–Crippen MR) is 184 cm³/mol. The van der Waals surface area contributed by atoms with Crippen LogP contribution in [0, 0.1) is 5.82 Å². The van der Waals surface area contributed by atoms with Crippen molar-refractivity contribution in [3.05, 3.63) is 81.7 Å². The van der Waals surface area contributed by atoms with Crippen LogP contribution in [0.1, 0.15) is 47.4 Å². The van der Waals surface area contributed by atoms with Crippen LogP contribution in [-0.4, -0.2) is 86.3 Å². The molecule has 0 bridgehead atoms. The monoisotopic (exact) mass is 706 g/mol. The molecule has 1 fully saturated rings. The SMILES string of the molecule is CCn1cc(C(=O)O)c(=O)c2cc(F)c(N3CCN(C(=O)OCc4ccc(NC(=O)[C@H](CCCNC(N)=O)n5cc(CN)nn5)cc4)CC3)cc21. The Hall–Kier alpha value is -6.04. The van der Waals surface area contributed by atoms with Crippen LogP contribution in [0.25, 0.3) is 10.9 Å². The fourth-order valence-electron chi connectivity index (χ4n) is 5.78. The number of halogens is 1. The number of pyridine rings is 1. The Labute approximate surface area is 290 Å². The Bertz CT molecular complexity index is 1970. The standard InChI is InChI=1S/C33H39FN10O7/c1-2-41-18-24(31(47)48)29(45)23-14-25(34)28(15-27(23)41)42-10-12-43(13-11-42)33(50)51-19-20-5-7-21(8-6-20)38-30(46)26(4-3-9-37-32(36)49)44-17-22(16-35)39-40-44/h5-8,14-15,17-18,26H,2-4,9-13,16,19,35H2,1H3,(H,38,46)(H,47,48)(H3,36,37,49)/t26-/m0/s1. The summed E-state index contributed by atoms with van der Waals surface area (Å²) >= 11 is 0. The summed E-state index contributed by atoms with van der Waals surface area (Å²) in [5, 5.41) is 22.7. The van der Waals surface area contributed by atoms with Crippen LogP contribution in [0.5, 0.6) is 0 Å². The van der Waals surface area contributed by atoms with E-state index in [1.165, 1.54) is 21.8 Å². The Balaban J connectivity index is 1.14. The van der Waals surface area contributed by atoms with Crippen molar-refractivity contribution in [1.29, 1.82) is 0 Å². The lowest BCUT2D eigenvalue weighted by Crippen LogP contribution is -2.49. The number of aromatic carboxylic acids is 1. The lowest BCUT2D eigenvalue weighted by molar-refractivity contribution is -0.119. The molecule has 4 aromatic rings. The minimum absolute atomic E-state index is 0.0143. The predicted octanol–water partition coefficient (Wildman–Crippen LogP) is 2.00. The van der Waals surface area contributed by atoms with E-state index in [2.05, 4.69) is 20.9 Å². The van der Waals surface area contributed by atoms with Crippen LogP contribution in [0.2, 0.25) is 0 Å². The van der Waals surface area contributed by atoms with Crippen LogP contribution in [0.3, 0.4) is 0 Å². The maximum absolute atomic E-state index is 15.2. The molecule has 4 amide bonds. The number of nitrogens with zero attached hydrogens (tertiary/aromatic N) is 6. The van der Waals surface area contributed by atoms with Gasteiger partial charge in [0.1, 0.15) is 24.0 Å². The van der Waals surface area contributed by atoms with Gasteiger partial charge in [0.05, 0.1) is 23.1 Å². The van der Waals surface area contributed by atoms with Crippen molar-refractivity contribution in [2.75, 3.05) is 42.9 Å². The molecule has 7 N–H and O–H groups in total. The molecule has 17 nitrogen and oxygen atoms in total. The van der Waals surface area contributed by atoms with Crippen molar-refractivity contribution in [2.45, 2.75) is 45.5 Å². The Kier molecular flexibility index (Phi) is 11.5. The third-order valence-corrected chi connectivity index (χ3v) is 8.52. The summed E-state index contributed by atoms with van der Waals surface area (Å²) < 4.78 is 23.8. The number of nitrogens with one attached hydrogen (secondary N) is 2. The third-order valence-electron chi connectivity index (χ3n) is 8.52. The number of urea groups is 1. The van der Waals surface area contributed by atoms with Crippen molar-refractivity contribution in [2.24, 2.45) is 11.5 Å². The summed E-state index contributed by atoms with van der Waals surface area (Å²) in [5.74, 6) is -2.39. The van der Waals surface area contributed by atoms with E-state index in [0.717, 1.165) is 6.07 Å². The third kappa shape index (κ3) is 8.58. The summed E-state index contributed by atoms with van der Waals surface area (Å²) in [5.41, 5.74) is 12.0. The number of rotatable bonds is 13. The van der Waals surface area contributed by atoms with Gasteiger partial charge in [0.25, 0.3) is 0 Å². The number of piperazine rings is 1. The number of fused-ring (bicyclic) bond motifs is 1. The van der Waals surface area contributed by atoms with E-state index < -0.39 is 40.9 Å². The van der Waals surface area contributed by atoms with Gasteiger partial charge in [0, 0.05) is 63.1 Å². The zero-order valence-electron chi connectivity index (χ0n) is 27.9. The van der Waals surface area contributed by atoms with Crippen molar-refractivity contribution in [3.63, 3.8) is 0 Å². The van der Waals surface area contributed by atoms with Gasteiger partial charge in [-0.15, -0.1) is 5.10 Å². The van der Waals surface area contributed by atoms with Gasteiger partial charge in [-0.25, -0.2) is 23.5 Å². The van der Waals surface area contributed by atoms with E-state index in [-0.39, 0.29) is 49.8 Å². The molecule has 1 atom stereocenters. The molecule has 2 aromatic carbocycles. The summed E-state index contributed by atoms with van der Waals surface area (Å²) in [6, 6.07) is 8.01. The number of amides is 4. The van der Waals surface area contributed by atoms with Crippen LogP contribution in [0.4, 0.5) is 25.4 Å². The second kappa shape index (κ2) is 16.1. The topological polar surface area (TPSA) is 233 Å². The van der Waals surface area contributed by atoms with Gasteiger partial charge >= 0.3 is 18.1 Å². The molecule has 1 aliphatic rings. The van der Waals surface area contributed by atoms with E-state index in [9.17, 15) is 29.1 Å². The normalized spacial score (nSPS) is 13.5. The van der Waals surface area contributed by atoms with Gasteiger partial charge in [0.2, 0.25) is 11.3 Å². The van der Waals surface area contributed by atoms with Crippen LogP contribution in [-0.2, 0) is 29.2 Å². The van der Waals surface area contributed by atoms with E-state index in [1.54, 1.807) is 46.9 Å². The molecule has 0 aliphatic carbocycles. The zero-order valence-corrected chi connectivity index (χ0v) is 27.9. The molecule has 51 heavy (non-hydrogen) atoms.